The number of pyridine rings is 1. The van der Waals surface area contributed by atoms with Gasteiger partial charge in [0.1, 0.15) is 5.82 Å². The van der Waals surface area contributed by atoms with Gasteiger partial charge >= 0.3 is 11.6 Å². The fraction of sp³-hybridized carbons (Fsp3) is 0.150. The number of nitrogen functional groups attached to an aromatic ring is 1. The van der Waals surface area contributed by atoms with E-state index in [0.717, 1.165) is 5.56 Å². The predicted octanol–water partition coefficient (Wildman–Crippen LogP) is 0.0644. The summed E-state index contributed by atoms with van der Waals surface area (Å²) < 4.78 is 0. The van der Waals surface area contributed by atoms with Gasteiger partial charge in [0, 0.05) is 23.0 Å². The van der Waals surface area contributed by atoms with Crippen LogP contribution in [0.1, 0.15) is 5.56 Å². The molecule has 3 aromatic rings. The number of anilines is 3. The van der Waals surface area contributed by atoms with Crippen molar-refractivity contribution in [2.24, 2.45) is 0 Å². The van der Waals surface area contributed by atoms with E-state index in [-0.39, 0.29) is 17.2 Å². The highest BCUT2D eigenvalue weighted by Crippen LogP contribution is 2.25. The molecule has 0 spiro atoms. The Morgan fingerprint density at radius 2 is 1.40 bits per heavy atom. The van der Waals surface area contributed by atoms with Gasteiger partial charge in [-0.2, -0.15) is 0 Å². The number of benzene rings is 2. The third-order valence-corrected chi connectivity index (χ3v) is 4.48. The Morgan fingerprint density at radius 1 is 0.867 bits per heavy atom. The van der Waals surface area contributed by atoms with Crippen molar-refractivity contribution in [2.45, 2.75) is 18.5 Å². The quantitative estimate of drug-likeness (QED) is 0.288. The van der Waals surface area contributed by atoms with E-state index in [1.165, 1.54) is 30.5 Å². The third-order valence-electron chi connectivity index (χ3n) is 4.48. The van der Waals surface area contributed by atoms with Crippen molar-refractivity contribution in [3.63, 3.8) is 0 Å². The molecular weight excluding hydrogens is 392 g/mol. The number of nitrogens with zero attached hydrogens (tertiary/aromatic N) is 1. The van der Waals surface area contributed by atoms with E-state index < -0.39 is 23.4 Å². The molecule has 30 heavy (non-hydrogen) atoms. The molecule has 1 heterocycles. The summed E-state index contributed by atoms with van der Waals surface area (Å²) in [6.07, 6.45) is 1.45. The minimum absolute atomic E-state index is 0.0975. The highest BCUT2D eigenvalue weighted by atomic mass is 16.6. The molecule has 0 aliphatic heterocycles. The lowest BCUT2D eigenvalue weighted by atomic mass is 10.0. The number of aryl methyl sites for hydroxylation is 1. The lowest BCUT2D eigenvalue weighted by Crippen LogP contribution is -2.66. The number of fused-ring (bicyclic) bond motifs is 1. The number of aliphatic hydroxyl groups is 4. The minimum Gasteiger partial charge on any atom is -0.383 e. The second kappa shape index (κ2) is 7.69. The van der Waals surface area contributed by atoms with Gasteiger partial charge in [0.2, 0.25) is 0 Å². The molecule has 0 saturated carbocycles. The van der Waals surface area contributed by atoms with E-state index >= 15 is 0 Å². The second-order valence-electron chi connectivity index (χ2n) is 6.75. The van der Waals surface area contributed by atoms with Crippen LogP contribution in [0.2, 0.25) is 0 Å². The zero-order valence-electron chi connectivity index (χ0n) is 15.8. The second-order valence-corrected chi connectivity index (χ2v) is 6.75. The number of hydrogen-bond acceptors (Lipinski definition) is 8. The fourth-order valence-electron chi connectivity index (χ4n) is 2.67. The molecule has 0 unspecified atom stereocenters. The Balaban J connectivity index is 1.79. The summed E-state index contributed by atoms with van der Waals surface area (Å²) >= 11 is 0. The first-order chi connectivity index (χ1) is 14.0. The monoisotopic (exact) mass is 412 g/mol. The summed E-state index contributed by atoms with van der Waals surface area (Å²) in [5, 5.41) is 45.7. The van der Waals surface area contributed by atoms with Crippen LogP contribution in [0.25, 0.3) is 10.8 Å². The molecule has 0 fully saturated rings. The van der Waals surface area contributed by atoms with E-state index in [9.17, 15) is 30.0 Å². The molecule has 10 heteroatoms. The number of nitrogens with two attached hydrogens (primary N) is 1. The number of nitrogens with one attached hydrogen (secondary N) is 2. The molecule has 1 aromatic heterocycles. The maximum Gasteiger partial charge on any atom is 0.310 e. The van der Waals surface area contributed by atoms with Gasteiger partial charge in [-0.25, -0.2) is 4.98 Å². The van der Waals surface area contributed by atoms with Gasteiger partial charge in [0.25, 0.3) is 11.8 Å². The van der Waals surface area contributed by atoms with Crippen molar-refractivity contribution in [3.05, 3.63) is 60.3 Å². The van der Waals surface area contributed by atoms with E-state index in [0.29, 0.717) is 10.8 Å². The lowest BCUT2D eigenvalue weighted by Gasteiger charge is -2.32. The Morgan fingerprint density at radius 3 is 2.00 bits per heavy atom. The van der Waals surface area contributed by atoms with Crippen LogP contribution in [0.4, 0.5) is 17.2 Å². The summed E-state index contributed by atoms with van der Waals surface area (Å²) in [5.74, 6) is -10.7. The topological polar surface area (TPSA) is 178 Å². The number of carbonyl (C=O) groups is 2. The van der Waals surface area contributed by atoms with Crippen molar-refractivity contribution in [1.82, 2.24) is 4.98 Å². The van der Waals surface area contributed by atoms with Crippen LogP contribution in [0.15, 0.2) is 54.7 Å². The Kier molecular flexibility index (Phi) is 5.42. The van der Waals surface area contributed by atoms with Crippen LogP contribution >= 0.6 is 0 Å². The summed E-state index contributed by atoms with van der Waals surface area (Å²) in [6.45, 7) is 1.81. The van der Waals surface area contributed by atoms with Crippen molar-refractivity contribution in [1.29, 1.82) is 0 Å². The summed E-state index contributed by atoms with van der Waals surface area (Å²) in [5.41, 5.74) is 6.90. The molecule has 156 valence electrons. The van der Waals surface area contributed by atoms with Crippen molar-refractivity contribution in [2.75, 3.05) is 16.4 Å². The van der Waals surface area contributed by atoms with Gasteiger partial charge in [-0.3, -0.25) is 9.59 Å². The number of amides is 2. The molecule has 3 rings (SSSR count). The largest absolute Gasteiger partial charge is 0.383 e. The molecule has 10 nitrogen and oxygen atoms in total. The predicted molar refractivity (Wildman–Crippen MR) is 109 cm³/mol. The van der Waals surface area contributed by atoms with Gasteiger partial charge < -0.3 is 36.8 Å². The number of aromatic nitrogens is 1. The lowest BCUT2D eigenvalue weighted by molar-refractivity contribution is -0.315. The Hall–Kier alpha value is -3.57. The molecule has 2 amide bonds. The number of hydrogen-bond donors (Lipinski definition) is 7. The summed E-state index contributed by atoms with van der Waals surface area (Å²) in [4.78, 5) is 28.5. The maximum absolute atomic E-state index is 12.3. The van der Waals surface area contributed by atoms with E-state index in [1.807, 2.05) is 6.92 Å². The van der Waals surface area contributed by atoms with E-state index in [4.69, 9.17) is 5.73 Å². The zero-order chi connectivity index (χ0) is 22.1. The molecule has 8 N–H and O–H groups in total. The van der Waals surface area contributed by atoms with Crippen LogP contribution in [-0.4, -0.2) is 48.8 Å². The molecule has 2 aromatic carbocycles. The van der Waals surface area contributed by atoms with Gasteiger partial charge in [0.15, 0.2) is 0 Å². The van der Waals surface area contributed by atoms with Crippen molar-refractivity contribution < 1.29 is 30.0 Å². The van der Waals surface area contributed by atoms with Crippen LogP contribution in [0.3, 0.4) is 0 Å². The molecule has 0 radical (unpaired) electrons. The average Bonchev–Trinajstić information content (AvgIpc) is 2.69. The van der Waals surface area contributed by atoms with Crippen LogP contribution in [0, 0.1) is 6.92 Å². The smallest absolute Gasteiger partial charge is 0.310 e. The third kappa shape index (κ3) is 3.93. The van der Waals surface area contributed by atoms with Gasteiger partial charge in [-0.15, -0.1) is 0 Å². The first-order valence-electron chi connectivity index (χ1n) is 8.75. The maximum atomic E-state index is 12.3. The van der Waals surface area contributed by atoms with Crippen molar-refractivity contribution >= 4 is 39.8 Å². The standard InChI is InChI=1S/C20H20N4O6/c1-11-2-4-13(5-3-11)23-17(25)19(27,28)20(29,30)18(26)24-14-6-7-15-12(10-14)8-9-22-16(15)21/h2-10,27-30H,1H3,(H2,21,22)(H,23,25)(H,24,26). The Labute approximate surface area is 170 Å². The highest BCUT2D eigenvalue weighted by Gasteiger charge is 2.59. The van der Waals surface area contributed by atoms with Crippen LogP contribution < -0.4 is 16.4 Å². The van der Waals surface area contributed by atoms with Gasteiger partial charge in [-0.1, -0.05) is 17.7 Å². The normalized spacial score (nSPS) is 11.9. The first-order valence-corrected chi connectivity index (χ1v) is 8.75. The van der Waals surface area contributed by atoms with Crippen LogP contribution in [-0.2, 0) is 9.59 Å². The zero-order valence-corrected chi connectivity index (χ0v) is 15.8. The Bertz CT molecular complexity index is 1110. The van der Waals surface area contributed by atoms with E-state index in [2.05, 4.69) is 15.6 Å². The minimum atomic E-state index is -3.87. The highest BCUT2D eigenvalue weighted by molar-refractivity contribution is 6.06. The molecule has 0 aliphatic carbocycles. The molecule has 0 atom stereocenters. The first kappa shape index (κ1) is 21.1. The van der Waals surface area contributed by atoms with E-state index in [1.54, 1.807) is 24.3 Å². The summed E-state index contributed by atoms with van der Waals surface area (Å²) in [7, 11) is 0. The van der Waals surface area contributed by atoms with Gasteiger partial charge in [0.05, 0.1) is 0 Å². The molecule has 0 bridgehead atoms. The number of rotatable bonds is 5. The summed E-state index contributed by atoms with van der Waals surface area (Å²) in [6, 6.07) is 12.2. The fourth-order valence-corrected chi connectivity index (χ4v) is 2.67. The van der Waals surface area contributed by atoms with Gasteiger partial charge in [-0.05, 0) is 48.7 Å². The number of carbonyl (C=O) groups excluding carboxylic acids is 2. The van der Waals surface area contributed by atoms with Crippen LogP contribution in [0.5, 0.6) is 0 Å². The SMILES string of the molecule is Cc1ccc(NC(=O)C(O)(O)C(O)(O)C(=O)Nc2ccc3c(N)nccc3c2)cc1. The average molecular weight is 412 g/mol. The molecule has 0 aliphatic rings. The molecule has 0 saturated heterocycles. The molecular formula is C20H20N4O6. The van der Waals surface area contributed by atoms with Crippen molar-refractivity contribution in [3.8, 4) is 0 Å².